The first kappa shape index (κ1) is 71.9. The molecule has 0 radical (unpaired) electrons. The van der Waals surface area contributed by atoms with Crippen molar-refractivity contribution in [3.05, 3.63) is 319 Å². The van der Waals surface area contributed by atoms with Gasteiger partial charge in [0.15, 0.2) is 0 Å². The van der Waals surface area contributed by atoms with E-state index in [0.29, 0.717) is 0 Å². The number of hydrogen-bond donors (Lipinski definition) is 0. The standard InChI is InChI=1S/C110H93BN2O4/c1-106(2,3)68-50-51-85-88(61-68)113(105-83(75-39-29-47-97-101(75)79-35-21-25-43-93(79)116-97)59-71(109(10,11)12)60-84(105)76-40-30-48-98-102(76)80-36-22-26-44-94(80)117-98)90-63-72(110(13,14)15)62-89-103(90)111(85)86-56-65(67-53-66(64-31-17-16-18-32-64)54-69(55-67)107(4,5)6)49-52-87(86)112(89)104-81(73-37-27-45-95-99(73)77-33-19-23-41-91(77)114-95)57-70(108(7,8)9)58-82(104)74-38-28-46-96-100(74)78-34-20-24-42-92(78)115-96/h16-63H,1-15H3. The predicted molar refractivity (Wildman–Crippen MR) is 496 cm³/mol. The Labute approximate surface area is 684 Å². The van der Waals surface area contributed by atoms with Gasteiger partial charge in [-0.2, -0.15) is 0 Å². The molecule has 0 fully saturated rings. The molecule has 2 aliphatic heterocycles. The van der Waals surface area contributed by atoms with Crippen LogP contribution in [-0.2, 0) is 27.1 Å². The molecule has 6 nitrogen and oxygen atoms in total. The summed E-state index contributed by atoms with van der Waals surface area (Å²) in [4.78, 5) is 5.49. The highest BCUT2D eigenvalue weighted by Crippen LogP contribution is 2.59. The van der Waals surface area contributed by atoms with Crippen molar-refractivity contribution in [2.45, 2.75) is 131 Å². The van der Waals surface area contributed by atoms with E-state index in [1.807, 2.05) is 0 Å². The summed E-state index contributed by atoms with van der Waals surface area (Å²) < 4.78 is 28.0. The number of fused-ring (bicyclic) bond motifs is 16. The predicted octanol–water partition coefficient (Wildman–Crippen LogP) is 29.9. The summed E-state index contributed by atoms with van der Waals surface area (Å²) in [6.07, 6.45) is 0. The molecule has 0 atom stereocenters. The molecule has 2 aliphatic rings. The molecular weight excluding hydrogens is 1420 g/mol. The minimum atomic E-state index is -0.417. The molecule has 0 unspecified atom stereocenters. The van der Waals surface area contributed by atoms with Gasteiger partial charge in [0, 0.05) is 88.1 Å². The fourth-order valence-corrected chi connectivity index (χ4v) is 19.0. The summed E-state index contributed by atoms with van der Waals surface area (Å²) in [7, 11) is 0. The Morgan fingerprint density at radius 2 is 0.538 bits per heavy atom. The van der Waals surface area contributed by atoms with Crippen molar-refractivity contribution >= 4 is 145 Å². The second kappa shape index (κ2) is 25.8. The summed E-state index contributed by atoms with van der Waals surface area (Å²) in [5.74, 6) is 0. The third kappa shape index (κ3) is 11.5. The lowest BCUT2D eigenvalue weighted by molar-refractivity contribution is 0.589. The molecule has 4 aromatic heterocycles. The Hall–Kier alpha value is -12.8. The molecule has 0 spiro atoms. The fraction of sp³-hybridized carbons (Fsp3) is 0.182. The number of furan rings is 4. The number of para-hydroxylation sites is 4. The molecule has 0 bridgehead atoms. The highest BCUT2D eigenvalue weighted by atomic mass is 16.3. The normalized spacial score (nSPS) is 13.4. The van der Waals surface area contributed by atoms with Gasteiger partial charge in [0.05, 0.1) is 11.4 Å². The van der Waals surface area contributed by atoms with Crippen molar-refractivity contribution in [1.82, 2.24) is 0 Å². The van der Waals surface area contributed by atoms with Crippen molar-refractivity contribution in [1.29, 1.82) is 0 Å². The first-order chi connectivity index (χ1) is 56.2. The van der Waals surface area contributed by atoms with Crippen LogP contribution < -0.4 is 26.2 Å². The largest absolute Gasteiger partial charge is 0.456 e. The SMILES string of the molecule is CC(C)(C)c1cc(-c2ccccc2)cc(-c2ccc3c(c2)B2c4ccc(C(C)(C)C)cc4N(c4c(-c5cccc6oc7ccccc7c56)cc(C(C)(C)C)cc4-c4cccc5oc6ccccc6c45)c4cc(C(C)(C)C)cc(c42)N3c2c(-c3cccc4oc5ccccc5c34)cc(C(C)(C)C)cc2-c2cccc3oc4ccccc4c23)c1. The Bertz CT molecular complexity index is 7090. The van der Waals surface area contributed by atoms with Gasteiger partial charge in [-0.15, -0.1) is 0 Å². The maximum atomic E-state index is 7.01. The van der Waals surface area contributed by atoms with Crippen LogP contribution >= 0.6 is 0 Å². The van der Waals surface area contributed by atoms with Crippen molar-refractivity contribution in [2.24, 2.45) is 0 Å². The molecule has 0 N–H and O–H groups in total. The topological polar surface area (TPSA) is 59.0 Å². The highest BCUT2D eigenvalue weighted by Gasteiger charge is 2.47. The van der Waals surface area contributed by atoms with Crippen molar-refractivity contribution in [2.75, 3.05) is 9.80 Å². The van der Waals surface area contributed by atoms with Crippen molar-refractivity contribution in [3.63, 3.8) is 0 Å². The van der Waals surface area contributed by atoms with E-state index in [-0.39, 0.29) is 28.4 Å². The van der Waals surface area contributed by atoms with Crippen molar-refractivity contribution in [3.8, 4) is 66.8 Å². The van der Waals surface area contributed by atoms with Crippen LogP contribution in [0, 0.1) is 0 Å². The van der Waals surface area contributed by atoms with Crippen LogP contribution in [0.15, 0.2) is 309 Å². The van der Waals surface area contributed by atoms with Gasteiger partial charge >= 0.3 is 0 Å². The second-order valence-corrected chi connectivity index (χ2v) is 37.9. The summed E-state index contributed by atoms with van der Waals surface area (Å²) in [6.45, 7) is 35.2. The molecular formula is C110H93BN2O4. The molecule has 0 saturated heterocycles. The zero-order valence-corrected chi connectivity index (χ0v) is 69.3. The molecule has 0 amide bonds. The third-order valence-electron chi connectivity index (χ3n) is 25.2. The number of rotatable bonds is 8. The van der Waals surface area contributed by atoms with E-state index in [0.717, 1.165) is 178 Å². The second-order valence-electron chi connectivity index (χ2n) is 37.9. The lowest BCUT2D eigenvalue weighted by Gasteiger charge is -2.47. The monoisotopic (exact) mass is 1520 g/mol. The average Bonchev–Trinajstić information content (AvgIpc) is 1.02. The number of anilines is 6. The first-order valence-corrected chi connectivity index (χ1v) is 41.5. The summed E-state index contributed by atoms with van der Waals surface area (Å²) in [6, 6.07) is 110. The minimum absolute atomic E-state index is 0.173. The van der Waals surface area contributed by atoms with E-state index in [9.17, 15) is 0 Å². The van der Waals surface area contributed by atoms with Crippen LogP contribution in [0.3, 0.4) is 0 Å². The van der Waals surface area contributed by atoms with Crippen molar-refractivity contribution < 1.29 is 17.7 Å². The van der Waals surface area contributed by atoms with Gasteiger partial charge in [-0.05, 0) is 219 Å². The van der Waals surface area contributed by atoms with Crippen LogP contribution in [0.5, 0.6) is 0 Å². The minimum Gasteiger partial charge on any atom is -0.456 e. The van der Waals surface area contributed by atoms with Gasteiger partial charge in [0.25, 0.3) is 6.71 Å². The lowest BCUT2D eigenvalue weighted by atomic mass is 9.33. The van der Waals surface area contributed by atoms with Crippen LogP contribution in [0.25, 0.3) is 155 Å². The Kier molecular flexibility index (Phi) is 15.9. The van der Waals surface area contributed by atoms with Gasteiger partial charge in [-0.3, -0.25) is 0 Å². The Morgan fingerprint density at radius 1 is 0.214 bits per heavy atom. The zero-order chi connectivity index (χ0) is 80.3. The van der Waals surface area contributed by atoms with E-state index in [4.69, 9.17) is 17.7 Å². The molecule has 0 saturated carbocycles. The fourth-order valence-electron chi connectivity index (χ4n) is 19.0. The third-order valence-corrected chi connectivity index (χ3v) is 25.2. The molecule has 15 aromatic carbocycles. The average molecular weight is 1520 g/mol. The summed E-state index contributed by atoms with van der Waals surface area (Å²) >= 11 is 0. The summed E-state index contributed by atoms with van der Waals surface area (Å²) in [5.41, 5.74) is 34.7. The maximum Gasteiger partial charge on any atom is 0.252 e. The lowest BCUT2D eigenvalue weighted by Crippen LogP contribution is -2.61. The van der Waals surface area contributed by atoms with Crippen LogP contribution in [-0.4, -0.2) is 6.71 Å². The van der Waals surface area contributed by atoms with Gasteiger partial charge < -0.3 is 27.5 Å². The zero-order valence-electron chi connectivity index (χ0n) is 69.3. The van der Waals surface area contributed by atoms with Gasteiger partial charge in [-0.1, -0.05) is 292 Å². The number of benzene rings is 15. The summed E-state index contributed by atoms with van der Waals surface area (Å²) in [5, 5.41) is 8.53. The van der Waals surface area contributed by atoms with E-state index >= 15 is 0 Å². The van der Waals surface area contributed by atoms with E-state index in [1.165, 1.54) is 55.3 Å². The van der Waals surface area contributed by atoms with Crippen LogP contribution in [0.1, 0.15) is 132 Å². The van der Waals surface area contributed by atoms with Crippen LogP contribution in [0.2, 0.25) is 0 Å². The molecule has 7 heteroatoms. The molecule has 117 heavy (non-hydrogen) atoms. The van der Waals surface area contributed by atoms with E-state index < -0.39 is 5.41 Å². The smallest absolute Gasteiger partial charge is 0.252 e. The molecule has 0 aliphatic carbocycles. The molecule has 570 valence electrons. The highest BCUT2D eigenvalue weighted by molar-refractivity contribution is 7.00. The molecule has 6 heterocycles. The van der Waals surface area contributed by atoms with Gasteiger partial charge in [0.2, 0.25) is 0 Å². The number of hydrogen-bond acceptors (Lipinski definition) is 6. The maximum absolute atomic E-state index is 7.01. The Balaban J connectivity index is 0.979. The molecule has 19 aromatic rings. The number of nitrogens with zero attached hydrogens (tertiary/aromatic N) is 2. The van der Waals surface area contributed by atoms with Gasteiger partial charge in [-0.25, -0.2) is 0 Å². The quantitative estimate of drug-likeness (QED) is 0.141. The Morgan fingerprint density at radius 3 is 0.923 bits per heavy atom. The first-order valence-electron chi connectivity index (χ1n) is 41.5. The van der Waals surface area contributed by atoms with E-state index in [1.54, 1.807) is 0 Å². The van der Waals surface area contributed by atoms with Gasteiger partial charge in [0.1, 0.15) is 44.7 Å². The van der Waals surface area contributed by atoms with Crippen LogP contribution in [0.4, 0.5) is 34.1 Å². The molecule has 21 rings (SSSR count). The van der Waals surface area contributed by atoms with E-state index in [2.05, 4.69) is 405 Å².